The van der Waals surface area contributed by atoms with E-state index in [9.17, 15) is 22.8 Å². The van der Waals surface area contributed by atoms with Crippen LogP contribution in [0.3, 0.4) is 0 Å². The van der Waals surface area contributed by atoms with Crippen LogP contribution in [0.15, 0.2) is 33.5 Å². The van der Waals surface area contributed by atoms with Crippen LogP contribution >= 0.6 is 15.9 Å². The first-order valence-corrected chi connectivity index (χ1v) is 10.3. The third-order valence-corrected chi connectivity index (χ3v) is 5.60. The van der Waals surface area contributed by atoms with Gasteiger partial charge in [-0.15, -0.1) is 0 Å². The van der Waals surface area contributed by atoms with Crippen LogP contribution in [0, 0.1) is 6.92 Å². The van der Waals surface area contributed by atoms with Gasteiger partial charge in [0.2, 0.25) is 5.91 Å². The average molecular weight is 517 g/mol. The standard InChI is InChI=1S/C19H20BrF3N6O3/c1-4-28-9-13(15(26-28)18(31)24-8-12-6-5-7-32-12)25-17(30)11(3)29-10(2)14(20)16(27-29)19(21,22)23/h5-7,9,11H,4,8H2,1-3H3,(H,24,31)(H,25,30). The largest absolute Gasteiger partial charge is 0.467 e. The van der Waals surface area contributed by atoms with E-state index in [2.05, 4.69) is 36.8 Å². The summed E-state index contributed by atoms with van der Waals surface area (Å²) in [6.07, 6.45) is -1.73. The molecule has 9 nitrogen and oxygen atoms in total. The molecule has 0 aliphatic carbocycles. The van der Waals surface area contributed by atoms with Gasteiger partial charge in [0.25, 0.3) is 5.91 Å². The highest BCUT2D eigenvalue weighted by Gasteiger charge is 2.39. The third kappa shape index (κ3) is 4.87. The lowest BCUT2D eigenvalue weighted by Gasteiger charge is -2.14. The fourth-order valence-electron chi connectivity index (χ4n) is 2.91. The summed E-state index contributed by atoms with van der Waals surface area (Å²) >= 11 is 2.89. The van der Waals surface area contributed by atoms with E-state index in [0.717, 1.165) is 4.68 Å². The minimum absolute atomic E-state index is 0.0340. The van der Waals surface area contributed by atoms with Crippen molar-refractivity contribution in [2.45, 2.75) is 46.1 Å². The number of nitrogens with one attached hydrogen (secondary N) is 2. The molecule has 2 N–H and O–H groups in total. The Morgan fingerprint density at radius 2 is 2.03 bits per heavy atom. The molecule has 3 rings (SSSR count). The van der Waals surface area contributed by atoms with Gasteiger partial charge in [-0.05, 0) is 48.8 Å². The quantitative estimate of drug-likeness (QED) is 0.495. The van der Waals surface area contributed by atoms with Crippen molar-refractivity contribution in [3.63, 3.8) is 0 Å². The zero-order chi connectivity index (χ0) is 23.6. The molecular formula is C19H20BrF3N6O3. The molecule has 32 heavy (non-hydrogen) atoms. The van der Waals surface area contributed by atoms with E-state index in [4.69, 9.17) is 4.42 Å². The van der Waals surface area contributed by atoms with Gasteiger partial charge in [-0.1, -0.05) is 0 Å². The first-order chi connectivity index (χ1) is 15.0. The van der Waals surface area contributed by atoms with Crippen molar-refractivity contribution in [1.29, 1.82) is 0 Å². The average Bonchev–Trinajstić information content (AvgIpc) is 3.46. The van der Waals surface area contributed by atoms with Crippen molar-refractivity contribution >= 4 is 33.4 Å². The fourth-order valence-corrected chi connectivity index (χ4v) is 3.40. The topological polar surface area (TPSA) is 107 Å². The maximum atomic E-state index is 13.1. The summed E-state index contributed by atoms with van der Waals surface area (Å²) in [6.45, 7) is 5.18. The summed E-state index contributed by atoms with van der Waals surface area (Å²) in [5.41, 5.74) is -0.888. The van der Waals surface area contributed by atoms with Crippen LogP contribution in [-0.4, -0.2) is 31.4 Å². The smallest absolute Gasteiger partial charge is 0.436 e. The number of amides is 2. The predicted molar refractivity (Wildman–Crippen MR) is 111 cm³/mol. The number of aryl methyl sites for hydroxylation is 1. The summed E-state index contributed by atoms with van der Waals surface area (Å²) in [5, 5.41) is 12.9. The highest BCUT2D eigenvalue weighted by atomic mass is 79.9. The zero-order valence-electron chi connectivity index (χ0n) is 17.3. The van der Waals surface area contributed by atoms with Crippen molar-refractivity contribution < 1.29 is 27.2 Å². The lowest BCUT2D eigenvalue weighted by Crippen LogP contribution is -2.28. The Kier molecular flexibility index (Phi) is 6.77. The number of halogens is 4. The summed E-state index contributed by atoms with van der Waals surface area (Å²) in [6, 6.07) is 2.28. The van der Waals surface area contributed by atoms with E-state index < -0.39 is 29.7 Å². The predicted octanol–water partition coefficient (Wildman–Crippen LogP) is 3.91. The molecule has 172 valence electrons. The number of rotatable bonds is 7. The van der Waals surface area contributed by atoms with Crippen molar-refractivity contribution in [3.8, 4) is 0 Å². The Morgan fingerprint density at radius 3 is 2.59 bits per heavy atom. The van der Waals surface area contributed by atoms with Crippen LogP contribution in [0.4, 0.5) is 18.9 Å². The number of nitrogens with zero attached hydrogens (tertiary/aromatic N) is 4. The zero-order valence-corrected chi connectivity index (χ0v) is 18.9. The molecule has 0 aliphatic rings. The number of carbonyl (C=O) groups excluding carboxylic acids is 2. The molecule has 0 radical (unpaired) electrons. The minimum atomic E-state index is -4.67. The normalized spacial score (nSPS) is 12.6. The number of aromatic nitrogens is 4. The number of alkyl halides is 3. The molecule has 0 aromatic carbocycles. The number of hydrogen-bond acceptors (Lipinski definition) is 5. The Bertz CT molecular complexity index is 1120. The van der Waals surface area contributed by atoms with Crippen molar-refractivity contribution in [2.75, 3.05) is 5.32 Å². The Balaban J connectivity index is 1.80. The van der Waals surface area contributed by atoms with Crippen LogP contribution < -0.4 is 10.6 Å². The van der Waals surface area contributed by atoms with Gasteiger partial charge in [0, 0.05) is 12.7 Å². The summed E-state index contributed by atoms with van der Waals surface area (Å²) in [5.74, 6) is -0.672. The van der Waals surface area contributed by atoms with Crippen LogP contribution in [0.25, 0.3) is 0 Å². The van der Waals surface area contributed by atoms with Crippen molar-refractivity contribution in [1.82, 2.24) is 24.9 Å². The molecule has 0 saturated carbocycles. The van der Waals surface area contributed by atoms with Crippen molar-refractivity contribution in [2.24, 2.45) is 0 Å². The molecule has 13 heteroatoms. The summed E-state index contributed by atoms with van der Waals surface area (Å²) in [4.78, 5) is 25.4. The lowest BCUT2D eigenvalue weighted by molar-refractivity contribution is -0.142. The SMILES string of the molecule is CCn1cc(NC(=O)C(C)n2nc(C(F)(F)F)c(Br)c2C)c(C(=O)NCc2ccco2)n1. The molecule has 3 aromatic rings. The number of anilines is 1. The number of furan rings is 1. The van der Waals surface area contributed by atoms with Gasteiger partial charge < -0.3 is 15.1 Å². The molecule has 1 unspecified atom stereocenters. The molecule has 0 bridgehead atoms. The van der Waals surface area contributed by atoms with Gasteiger partial charge in [-0.2, -0.15) is 23.4 Å². The highest BCUT2D eigenvalue weighted by molar-refractivity contribution is 9.10. The van der Waals surface area contributed by atoms with Crippen LogP contribution in [-0.2, 0) is 24.1 Å². The Labute approximate surface area is 189 Å². The molecule has 1 atom stereocenters. The van der Waals surface area contributed by atoms with Gasteiger partial charge in [0.05, 0.1) is 28.7 Å². The third-order valence-electron chi connectivity index (χ3n) is 4.65. The highest BCUT2D eigenvalue weighted by Crippen LogP contribution is 2.36. The number of hydrogen-bond donors (Lipinski definition) is 2. The molecule has 3 aromatic heterocycles. The molecule has 0 saturated heterocycles. The van der Waals surface area contributed by atoms with E-state index >= 15 is 0 Å². The van der Waals surface area contributed by atoms with Crippen LogP contribution in [0.2, 0.25) is 0 Å². The van der Waals surface area contributed by atoms with E-state index in [1.165, 1.54) is 31.0 Å². The molecule has 3 heterocycles. The Hall–Kier alpha value is -3.09. The van der Waals surface area contributed by atoms with Crippen LogP contribution in [0.1, 0.15) is 47.5 Å². The lowest BCUT2D eigenvalue weighted by atomic mass is 10.2. The second-order valence-electron chi connectivity index (χ2n) is 6.86. The molecular weight excluding hydrogens is 497 g/mol. The summed E-state index contributed by atoms with van der Waals surface area (Å²) < 4.78 is 46.8. The fraction of sp³-hybridized carbons (Fsp3) is 0.368. The van der Waals surface area contributed by atoms with Gasteiger partial charge in [0.1, 0.15) is 11.8 Å². The molecule has 0 spiro atoms. The van der Waals surface area contributed by atoms with E-state index in [1.54, 1.807) is 19.1 Å². The Morgan fingerprint density at radius 1 is 1.31 bits per heavy atom. The maximum Gasteiger partial charge on any atom is 0.436 e. The van der Waals surface area contributed by atoms with E-state index in [-0.39, 0.29) is 28.1 Å². The monoisotopic (exact) mass is 516 g/mol. The number of carbonyl (C=O) groups is 2. The van der Waals surface area contributed by atoms with Crippen LogP contribution in [0.5, 0.6) is 0 Å². The maximum absolute atomic E-state index is 13.1. The van der Waals surface area contributed by atoms with E-state index in [0.29, 0.717) is 12.3 Å². The van der Waals surface area contributed by atoms with Gasteiger partial charge >= 0.3 is 6.18 Å². The van der Waals surface area contributed by atoms with Gasteiger partial charge in [-0.3, -0.25) is 19.0 Å². The van der Waals surface area contributed by atoms with Gasteiger partial charge in [-0.25, -0.2) is 0 Å². The second kappa shape index (κ2) is 9.18. The molecule has 0 fully saturated rings. The second-order valence-corrected chi connectivity index (χ2v) is 7.66. The van der Waals surface area contributed by atoms with Gasteiger partial charge in [0.15, 0.2) is 11.4 Å². The molecule has 2 amide bonds. The first-order valence-electron chi connectivity index (χ1n) is 9.53. The van der Waals surface area contributed by atoms with E-state index in [1.807, 2.05) is 0 Å². The first kappa shape index (κ1) is 23.6. The van der Waals surface area contributed by atoms with Crippen molar-refractivity contribution in [3.05, 3.63) is 51.9 Å². The molecule has 0 aliphatic heterocycles. The minimum Gasteiger partial charge on any atom is -0.467 e. The summed E-state index contributed by atoms with van der Waals surface area (Å²) in [7, 11) is 0.